The molecule has 1 rings (SSSR count). The highest BCUT2D eigenvalue weighted by molar-refractivity contribution is 5.98. The van der Waals surface area contributed by atoms with Crippen LogP contribution in [0.25, 0.3) is 0 Å². The fraction of sp³-hybridized carbons (Fsp3) is 0.652. The van der Waals surface area contributed by atoms with Crippen molar-refractivity contribution in [2.75, 3.05) is 13.1 Å². The molecule has 10 atom stereocenters. The van der Waals surface area contributed by atoms with E-state index in [1.807, 2.05) is 26.0 Å². The number of aliphatic hydroxyl groups is 1. The summed E-state index contributed by atoms with van der Waals surface area (Å²) in [5.74, 6) is -7.60. The molecule has 1 aromatic carbocycles. The van der Waals surface area contributed by atoms with Gasteiger partial charge in [-0.25, -0.2) is 0 Å². The van der Waals surface area contributed by atoms with Gasteiger partial charge in [-0.15, -0.1) is 0 Å². The summed E-state index contributed by atoms with van der Waals surface area (Å²) in [5, 5.41) is 31.9. The predicted octanol–water partition coefficient (Wildman–Crippen LogP) is -1.32. The Balaban J connectivity index is 3.35. The Bertz CT molecular complexity index is 1870. The molecule has 0 aliphatic rings. The van der Waals surface area contributed by atoms with Gasteiger partial charge in [-0.3, -0.25) is 48.1 Å². The Labute approximate surface area is 400 Å². The van der Waals surface area contributed by atoms with Crippen LogP contribution in [-0.4, -0.2) is 126 Å². The van der Waals surface area contributed by atoms with E-state index in [1.165, 1.54) is 13.8 Å². The summed E-state index contributed by atoms with van der Waals surface area (Å²) in [6.07, 6.45) is -0.174. The number of hydrogen-bond donors (Lipinski definition) is 12. The predicted molar refractivity (Wildman–Crippen MR) is 257 cm³/mol. The van der Waals surface area contributed by atoms with Crippen LogP contribution in [0.5, 0.6) is 0 Å². The molecule has 0 aromatic heterocycles. The van der Waals surface area contributed by atoms with Crippen molar-refractivity contribution < 1.29 is 48.3 Å². The molecule has 0 heterocycles. The number of carbonyl (C=O) groups is 9. The molecular weight excluding hydrogens is 881 g/mol. The van der Waals surface area contributed by atoms with E-state index in [-0.39, 0.29) is 44.6 Å². The molecule has 22 heteroatoms. The van der Waals surface area contributed by atoms with Gasteiger partial charge >= 0.3 is 0 Å². The zero-order valence-corrected chi connectivity index (χ0v) is 41.2. The number of primary amides is 1. The first kappa shape index (κ1) is 59.7. The topological polar surface area (TPSA) is 361 Å². The zero-order valence-electron chi connectivity index (χ0n) is 41.2. The molecule has 0 aliphatic carbocycles. The Kier molecular flexibility index (Phi) is 27.1. The number of nitrogens with two attached hydrogens (primary N) is 3. The van der Waals surface area contributed by atoms with Gasteiger partial charge in [-0.2, -0.15) is 0 Å². The van der Waals surface area contributed by atoms with E-state index in [4.69, 9.17) is 17.2 Å². The van der Waals surface area contributed by atoms with Crippen LogP contribution in [0.15, 0.2) is 29.3 Å². The number of carbonyl (C=O) groups excluding carboxylic acids is 9. The molecule has 0 unspecified atom stereocenters. The molecule has 9 amide bonds. The minimum absolute atomic E-state index is 0.0778. The third-order valence-corrected chi connectivity index (χ3v) is 11.4. The lowest BCUT2D eigenvalue weighted by Gasteiger charge is -2.31. The van der Waals surface area contributed by atoms with E-state index in [0.717, 1.165) is 11.1 Å². The number of benzene rings is 1. The molecule has 15 N–H and O–H groups in total. The lowest BCUT2D eigenvalue weighted by molar-refractivity contribution is -0.138. The van der Waals surface area contributed by atoms with Crippen LogP contribution in [0.1, 0.15) is 118 Å². The maximum absolute atomic E-state index is 14.0. The maximum atomic E-state index is 14.0. The van der Waals surface area contributed by atoms with Crippen molar-refractivity contribution in [3.63, 3.8) is 0 Å². The molecule has 1 aromatic rings. The molecule has 0 bridgehead atoms. The van der Waals surface area contributed by atoms with Crippen molar-refractivity contribution >= 4 is 59.1 Å². The van der Waals surface area contributed by atoms with Crippen molar-refractivity contribution in [2.24, 2.45) is 34.0 Å². The zero-order chi connectivity index (χ0) is 51.7. The Morgan fingerprint density at radius 1 is 0.588 bits per heavy atom. The summed E-state index contributed by atoms with van der Waals surface area (Å²) in [4.78, 5) is 124. The Hall–Kier alpha value is -6.32. The molecule has 382 valence electrons. The van der Waals surface area contributed by atoms with E-state index < -0.39 is 113 Å². The Morgan fingerprint density at radius 3 is 1.50 bits per heavy atom. The summed E-state index contributed by atoms with van der Waals surface area (Å²) in [7, 11) is 0. The van der Waals surface area contributed by atoms with Gasteiger partial charge in [0.15, 0.2) is 5.96 Å². The van der Waals surface area contributed by atoms with E-state index in [9.17, 15) is 48.3 Å². The van der Waals surface area contributed by atoms with Gasteiger partial charge in [0.1, 0.15) is 42.3 Å². The highest BCUT2D eigenvalue weighted by Crippen LogP contribution is 2.14. The minimum Gasteiger partial charge on any atom is -0.391 e. The summed E-state index contributed by atoms with van der Waals surface area (Å²) >= 11 is 0. The summed E-state index contributed by atoms with van der Waals surface area (Å²) < 4.78 is 0. The molecule has 0 saturated carbocycles. The number of guanidine groups is 1. The van der Waals surface area contributed by atoms with E-state index >= 15 is 0 Å². The summed E-state index contributed by atoms with van der Waals surface area (Å²) in [6.45, 7) is 15.4. The number of amides is 9. The lowest BCUT2D eigenvalue weighted by atomic mass is 9.96. The molecule has 68 heavy (non-hydrogen) atoms. The van der Waals surface area contributed by atoms with Gasteiger partial charge in [0.25, 0.3) is 0 Å². The van der Waals surface area contributed by atoms with Gasteiger partial charge in [-0.1, -0.05) is 83.7 Å². The molecular formula is C46H78N12O10. The van der Waals surface area contributed by atoms with Gasteiger partial charge < -0.3 is 64.8 Å². The first-order chi connectivity index (χ1) is 32.0. The van der Waals surface area contributed by atoms with Crippen molar-refractivity contribution in [1.82, 2.24) is 42.5 Å². The third-order valence-electron chi connectivity index (χ3n) is 11.4. The van der Waals surface area contributed by atoms with Crippen LogP contribution in [0.3, 0.4) is 0 Å². The highest BCUT2D eigenvalue weighted by atomic mass is 16.3. The first-order valence-corrected chi connectivity index (χ1v) is 23.4. The van der Waals surface area contributed by atoms with Crippen molar-refractivity contribution in [2.45, 2.75) is 168 Å². The van der Waals surface area contributed by atoms with Crippen molar-refractivity contribution in [1.29, 1.82) is 0 Å². The number of aryl methyl sites for hydroxylation is 1. The van der Waals surface area contributed by atoms with Crippen LogP contribution < -0.4 is 59.7 Å². The molecule has 0 fully saturated rings. The second kappa shape index (κ2) is 30.9. The van der Waals surface area contributed by atoms with Crippen LogP contribution in [0.2, 0.25) is 0 Å². The van der Waals surface area contributed by atoms with E-state index in [2.05, 4.69) is 47.5 Å². The van der Waals surface area contributed by atoms with Gasteiger partial charge in [0.2, 0.25) is 53.2 Å². The Morgan fingerprint density at radius 2 is 1.04 bits per heavy atom. The number of nitrogens with zero attached hydrogens (tertiary/aromatic N) is 1. The average Bonchev–Trinajstić information content (AvgIpc) is 3.27. The maximum Gasteiger partial charge on any atom is 0.245 e. The molecule has 0 radical (unpaired) electrons. The van der Waals surface area contributed by atoms with Gasteiger partial charge in [-0.05, 0) is 63.9 Å². The van der Waals surface area contributed by atoms with Gasteiger partial charge in [0, 0.05) is 32.9 Å². The molecule has 22 nitrogen and oxygen atoms in total. The largest absolute Gasteiger partial charge is 0.391 e. The highest BCUT2D eigenvalue weighted by Gasteiger charge is 2.37. The standard InChI is InChI=1S/C46H78N12O10/c1-10-15-31(40(63)56-36(26(6)11-2)43(66)55-32(39(62)50-13-4)16-14-23-51-46(48)49)54-45(68)38(28(8)59)58-44(67)37(27(7)12-3)57-41(64)33(21-22-35(47)61)53-42(65)34(52-29(9)60)24-30-19-17-25(5)18-20-30/h17-20,26-28,31-34,36-38,59H,10-16,21-24H2,1-9H3,(H2,47,61)(H,50,62)(H,52,60)(H,53,65)(H,54,68)(H,55,66)(H,56,63)(H,57,64)(H,58,67)(H4,48,49,51)/t26-,27-,28+,31-,32-,33-,34-,36-,37+,38-/m0/s1. The molecule has 0 saturated heterocycles. The number of nitrogens with one attached hydrogen (secondary N) is 8. The second-order valence-corrected chi connectivity index (χ2v) is 17.2. The monoisotopic (exact) mass is 959 g/mol. The van der Waals surface area contributed by atoms with Crippen molar-refractivity contribution in [3.8, 4) is 0 Å². The van der Waals surface area contributed by atoms with E-state index in [1.54, 1.807) is 46.8 Å². The normalized spacial score (nSPS) is 15.4. The lowest BCUT2D eigenvalue weighted by Crippen LogP contribution is -2.63. The van der Waals surface area contributed by atoms with Crippen molar-refractivity contribution in [3.05, 3.63) is 35.4 Å². The van der Waals surface area contributed by atoms with Gasteiger partial charge in [0.05, 0.1) is 6.10 Å². The van der Waals surface area contributed by atoms with Crippen LogP contribution in [0.4, 0.5) is 0 Å². The second-order valence-electron chi connectivity index (χ2n) is 17.2. The quantitative estimate of drug-likeness (QED) is 0.0234. The minimum atomic E-state index is -1.64. The summed E-state index contributed by atoms with van der Waals surface area (Å²) in [6, 6.07) is -1.56. The fourth-order valence-electron chi connectivity index (χ4n) is 6.95. The number of rotatable bonds is 31. The summed E-state index contributed by atoms with van der Waals surface area (Å²) in [5.41, 5.74) is 17.9. The van der Waals surface area contributed by atoms with Crippen LogP contribution in [-0.2, 0) is 49.6 Å². The average molecular weight is 959 g/mol. The van der Waals surface area contributed by atoms with E-state index in [0.29, 0.717) is 32.2 Å². The SMILES string of the molecule is CCC[C@H](NC(=O)[C@@H](NC(=O)[C@H](NC(=O)[C@H](CCC(N)=O)NC(=O)[C@H](Cc1ccc(C)cc1)NC(C)=O)[C@@H](C)CC)[C@@H](C)O)C(=O)N[C@H](C(=O)N[C@@H](CCCN=C(N)N)C(=O)NCC)[C@@H](C)CC. The fourth-order valence-corrected chi connectivity index (χ4v) is 6.95. The smallest absolute Gasteiger partial charge is 0.245 e. The van der Waals surface area contributed by atoms with Crippen LogP contribution in [0, 0.1) is 18.8 Å². The number of hydrogen-bond acceptors (Lipinski definition) is 11. The number of aliphatic hydroxyl groups excluding tert-OH is 1. The third kappa shape index (κ3) is 21.5. The van der Waals surface area contributed by atoms with Crippen LogP contribution >= 0.6 is 0 Å². The number of aliphatic imine (C=N–C) groups is 1. The first-order valence-electron chi connectivity index (χ1n) is 23.4. The molecule has 0 aliphatic heterocycles. The molecule has 0 spiro atoms. The number of likely N-dealkylation sites (N-methyl/N-ethyl adjacent to an activating group) is 1.